The van der Waals surface area contributed by atoms with Crippen LogP contribution in [0.25, 0.3) is 11.0 Å². The number of amides is 1. The van der Waals surface area contributed by atoms with Gasteiger partial charge in [-0.1, -0.05) is 12.1 Å². The SMILES string of the molecule is N/C=C\C=C(/N)CNC(=O)c1coc(C2CN(CCc3nc4ccccc4[nH]3)C2)n1. The van der Waals surface area contributed by atoms with Crippen molar-refractivity contribution in [2.45, 2.75) is 12.3 Å². The molecule has 156 valence electrons. The maximum Gasteiger partial charge on any atom is 0.273 e. The first-order valence-corrected chi connectivity index (χ1v) is 9.85. The van der Waals surface area contributed by atoms with E-state index in [1.807, 2.05) is 24.3 Å². The minimum atomic E-state index is -0.320. The molecule has 9 heteroatoms. The van der Waals surface area contributed by atoms with Crippen molar-refractivity contribution in [1.82, 2.24) is 25.2 Å². The molecular formula is C21H25N7O2. The Balaban J connectivity index is 1.23. The lowest BCUT2D eigenvalue weighted by Gasteiger charge is -2.37. The van der Waals surface area contributed by atoms with Crippen molar-refractivity contribution in [2.75, 3.05) is 26.2 Å². The number of para-hydroxylation sites is 2. The molecule has 1 aliphatic heterocycles. The Morgan fingerprint density at radius 1 is 1.33 bits per heavy atom. The molecule has 0 radical (unpaired) electrons. The van der Waals surface area contributed by atoms with Crippen LogP contribution >= 0.6 is 0 Å². The largest absolute Gasteiger partial charge is 0.448 e. The highest BCUT2D eigenvalue weighted by molar-refractivity contribution is 5.92. The number of hydrogen-bond donors (Lipinski definition) is 4. The molecule has 1 aromatic carbocycles. The molecule has 2 aromatic heterocycles. The molecular weight excluding hydrogens is 382 g/mol. The third-order valence-electron chi connectivity index (χ3n) is 5.04. The third-order valence-corrected chi connectivity index (χ3v) is 5.04. The van der Waals surface area contributed by atoms with Crippen molar-refractivity contribution in [3.63, 3.8) is 0 Å². The zero-order valence-corrected chi connectivity index (χ0v) is 16.5. The van der Waals surface area contributed by atoms with Gasteiger partial charge in [-0.05, 0) is 30.5 Å². The molecule has 1 aliphatic rings. The van der Waals surface area contributed by atoms with E-state index in [9.17, 15) is 4.79 Å². The van der Waals surface area contributed by atoms with Crippen LogP contribution in [0.3, 0.4) is 0 Å². The zero-order chi connectivity index (χ0) is 20.9. The molecule has 9 nitrogen and oxygen atoms in total. The van der Waals surface area contributed by atoms with Gasteiger partial charge in [-0.15, -0.1) is 0 Å². The number of rotatable bonds is 8. The lowest BCUT2D eigenvalue weighted by molar-refractivity contribution is 0.0951. The lowest BCUT2D eigenvalue weighted by Crippen LogP contribution is -2.46. The van der Waals surface area contributed by atoms with Crippen molar-refractivity contribution in [3.8, 4) is 0 Å². The molecule has 6 N–H and O–H groups in total. The normalized spacial score (nSPS) is 15.7. The van der Waals surface area contributed by atoms with Crippen molar-refractivity contribution in [2.24, 2.45) is 11.5 Å². The predicted molar refractivity (Wildman–Crippen MR) is 113 cm³/mol. The molecule has 0 saturated carbocycles. The summed E-state index contributed by atoms with van der Waals surface area (Å²) < 4.78 is 5.52. The second kappa shape index (κ2) is 8.83. The van der Waals surface area contributed by atoms with Gasteiger partial charge >= 0.3 is 0 Å². The quantitative estimate of drug-likeness (QED) is 0.412. The number of hydrogen-bond acceptors (Lipinski definition) is 7. The van der Waals surface area contributed by atoms with Crippen molar-refractivity contribution in [3.05, 3.63) is 72.0 Å². The van der Waals surface area contributed by atoms with Crippen LogP contribution in [0.4, 0.5) is 0 Å². The van der Waals surface area contributed by atoms with Gasteiger partial charge in [-0.3, -0.25) is 4.79 Å². The van der Waals surface area contributed by atoms with Crippen LogP contribution < -0.4 is 16.8 Å². The molecule has 0 atom stereocenters. The fraction of sp³-hybridized carbons (Fsp3) is 0.286. The van der Waals surface area contributed by atoms with E-state index >= 15 is 0 Å². The summed E-state index contributed by atoms with van der Waals surface area (Å²) in [6.45, 7) is 2.82. The summed E-state index contributed by atoms with van der Waals surface area (Å²) in [4.78, 5) is 26.8. The van der Waals surface area contributed by atoms with Crippen LogP contribution in [0.15, 0.2) is 59.0 Å². The Morgan fingerprint density at radius 3 is 2.97 bits per heavy atom. The van der Waals surface area contributed by atoms with E-state index in [1.165, 1.54) is 12.5 Å². The highest BCUT2D eigenvalue weighted by Crippen LogP contribution is 2.26. The number of likely N-dealkylation sites (tertiary alicyclic amines) is 1. The Bertz CT molecular complexity index is 1040. The number of fused-ring (bicyclic) bond motifs is 1. The third kappa shape index (κ3) is 4.52. The van der Waals surface area contributed by atoms with Crippen molar-refractivity contribution >= 4 is 16.9 Å². The molecule has 1 saturated heterocycles. The van der Waals surface area contributed by atoms with E-state index in [4.69, 9.17) is 15.9 Å². The second-order valence-corrected chi connectivity index (χ2v) is 7.29. The summed E-state index contributed by atoms with van der Waals surface area (Å²) in [6.07, 6.45) is 6.85. The molecule has 1 amide bonds. The van der Waals surface area contributed by atoms with Gasteiger partial charge in [-0.2, -0.15) is 0 Å². The maximum absolute atomic E-state index is 12.2. The van der Waals surface area contributed by atoms with Gasteiger partial charge in [0.1, 0.15) is 12.1 Å². The number of imidazole rings is 1. The number of oxazole rings is 1. The highest BCUT2D eigenvalue weighted by atomic mass is 16.3. The summed E-state index contributed by atoms with van der Waals surface area (Å²) in [5, 5.41) is 2.70. The van der Waals surface area contributed by atoms with Crippen LogP contribution in [0.1, 0.15) is 28.1 Å². The number of nitrogens with one attached hydrogen (secondary N) is 2. The van der Waals surface area contributed by atoms with E-state index in [0.717, 1.165) is 42.9 Å². The first-order chi connectivity index (χ1) is 14.6. The summed E-state index contributed by atoms with van der Waals surface area (Å²) in [7, 11) is 0. The number of H-pyrrole nitrogens is 1. The molecule has 1 fully saturated rings. The number of carbonyl (C=O) groups excluding carboxylic acids is 1. The molecule has 3 heterocycles. The van der Waals surface area contributed by atoms with E-state index in [2.05, 4.69) is 25.2 Å². The summed E-state index contributed by atoms with van der Waals surface area (Å²) in [6, 6.07) is 8.03. The first-order valence-electron chi connectivity index (χ1n) is 9.85. The minimum Gasteiger partial charge on any atom is -0.448 e. The fourth-order valence-corrected chi connectivity index (χ4v) is 3.39. The molecule has 0 spiro atoms. The number of aromatic amines is 1. The molecule has 30 heavy (non-hydrogen) atoms. The fourth-order valence-electron chi connectivity index (χ4n) is 3.39. The molecule has 0 unspecified atom stereocenters. The standard InChI is InChI=1S/C21H25N7O2/c22-8-3-4-15(23)10-24-20(29)18-13-30-21(27-18)14-11-28(12-14)9-7-19-25-16-5-1-2-6-17(16)26-19/h1-6,8,13-14H,7,9-12,22-23H2,(H,24,29)(H,25,26)/b8-3-,15-4-. The molecule has 4 rings (SSSR count). The number of carbonyl (C=O) groups is 1. The van der Waals surface area contributed by atoms with Gasteiger partial charge in [-0.25, -0.2) is 9.97 Å². The number of benzene rings is 1. The van der Waals surface area contributed by atoms with Gasteiger partial charge in [0.2, 0.25) is 0 Å². The second-order valence-electron chi connectivity index (χ2n) is 7.29. The van der Waals surface area contributed by atoms with Crippen LogP contribution in [0.5, 0.6) is 0 Å². The minimum absolute atomic E-state index is 0.196. The summed E-state index contributed by atoms with van der Waals surface area (Å²) in [5.41, 5.74) is 13.8. The summed E-state index contributed by atoms with van der Waals surface area (Å²) >= 11 is 0. The Hall–Kier alpha value is -3.59. The Morgan fingerprint density at radius 2 is 2.17 bits per heavy atom. The first kappa shape index (κ1) is 19.7. The van der Waals surface area contributed by atoms with Gasteiger partial charge in [0.05, 0.1) is 23.5 Å². The average molecular weight is 407 g/mol. The molecule has 0 aliphatic carbocycles. The Labute approximate surface area is 173 Å². The topological polar surface area (TPSA) is 139 Å². The van der Waals surface area contributed by atoms with Gasteiger partial charge in [0, 0.05) is 31.8 Å². The van der Waals surface area contributed by atoms with E-state index in [1.54, 1.807) is 12.2 Å². The smallest absolute Gasteiger partial charge is 0.273 e. The number of aromatic nitrogens is 3. The van der Waals surface area contributed by atoms with Crippen LogP contribution in [0, 0.1) is 0 Å². The summed E-state index contributed by atoms with van der Waals surface area (Å²) in [5.74, 6) is 1.46. The van der Waals surface area contributed by atoms with E-state index < -0.39 is 0 Å². The van der Waals surface area contributed by atoms with E-state index in [-0.39, 0.29) is 24.1 Å². The van der Waals surface area contributed by atoms with Gasteiger partial charge in [0.25, 0.3) is 5.91 Å². The molecule has 3 aromatic rings. The van der Waals surface area contributed by atoms with Crippen molar-refractivity contribution in [1.29, 1.82) is 0 Å². The number of allylic oxidation sites excluding steroid dienone is 2. The van der Waals surface area contributed by atoms with Crippen LogP contribution in [-0.4, -0.2) is 51.9 Å². The van der Waals surface area contributed by atoms with Gasteiger partial charge in [0.15, 0.2) is 11.6 Å². The highest BCUT2D eigenvalue weighted by Gasteiger charge is 2.32. The van der Waals surface area contributed by atoms with Gasteiger partial charge < -0.3 is 31.1 Å². The Kier molecular flexibility index (Phi) is 5.80. The average Bonchev–Trinajstić information content (AvgIpc) is 3.36. The van der Waals surface area contributed by atoms with E-state index in [0.29, 0.717) is 11.6 Å². The zero-order valence-electron chi connectivity index (χ0n) is 16.5. The lowest BCUT2D eigenvalue weighted by atomic mass is 10.00. The molecule has 0 bridgehead atoms. The number of nitrogens with two attached hydrogens (primary N) is 2. The van der Waals surface area contributed by atoms with Crippen molar-refractivity contribution < 1.29 is 9.21 Å². The van der Waals surface area contributed by atoms with Crippen LogP contribution in [-0.2, 0) is 6.42 Å². The monoisotopic (exact) mass is 407 g/mol. The van der Waals surface area contributed by atoms with Crippen LogP contribution in [0.2, 0.25) is 0 Å². The maximum atomic E-state index is 12.2. The number of nitrogens with zero attached hydrogens (tertiary/aromatic N) is 3. The predicted octanol–water partition coefficient (Wildman–Crippen LogP) is 1.24.